The Morgan fingerprint density at radius 1 is 1.60 bits per heavy atom. The second kappa shape index (κ2) is 8.86. The van der Waals surface area contributed by atoms with Crippen molar-refractivity contribution in [2.24, 2.45) is 0 Å². The van der Waals surface area contributed by atoms with Crippen LogP contribution in [0.25, 0.3) is 0 Å². The number of aliphatic carboxylic acids is 1. The molecule has 0 aromatic heterocycles. The van der Waals surface area contributed by atoms with E-state index in [0.29, 0.717) is 6.42 Å². The molecule has 61 valence electrons. The molecule has 0 fully saturated rings. The van der Waals surface area contributed by atoms with Crippen LogP contribution in [-0.4, -0.2) is 23.3 Å². The van der Waals surface area contributed by atoms with E-state index >= 15 is 0 Å². The Bertz CT molecular complexity index is 85.1. The van der Waals surface area contributed by atoms with Crippen molar-refractivity contribution in [3.8, 4) is 0 Å². The fourth-order valence-electron chi connectivity index (χ4n) is 0.175. The molecule has 0 saturated carbocycles. The third kappa shape index (κ3) is 10.8. The smallest absolute Gasteiger partial charge is 0.310 e. The maximum absolute atomic E-state index is 9.91. The van der Waals surface area contributed by atoms with Crippen LogP contribution in [0, 0.1) is 0 Å². The van der Waals surface area contributed by atoms with E-state index < -0.39 is 5.97 Å². The van der Waals surface area contributed by atoms with Crippen molar-refractivity contribution in [3.05, 3.63) is 0 Å². The summed E-state index contributed by atoms with van der Waals surface area (Å²) in [5, 5.41) is 17.1. The summed E-state index contributed by atoms with van der Waals surface area (Å²) >= 11 is 0. The van der Waals surface area contributed by atoms with Gasteiger partial charge in [0.25, 0.3) is 0 Å². The van der Waals surface area contributed by atoms with Crippen molar-refractivity contribution < 1.29 is 15.0 Å². The van der Waals surface area contributed by atoms with Gasteiger partial charge in [-0.2, -0.15) is 0 Å². The van der Waals surface area contributed by atoms with Gasteiger partial charge in [-0.05, 0) is 13.3 Å². The van der Waals surface area contributed by atoms with Crippen LogP contribution in [0.5, 0.6) is 0 Å². The maximum Gasteiger partial charge on any atom is 0.310 e. The second-order valence-corrected chi connectivity index (χ2v) is 2.45. The van der Waals surface area contributed by atoms with E-state index in [2.05, 4.69) is 9.24 Å². The Hall–Kier alpha value is -0.140. The molecule has 0 rings (SSSR count). The molecule has 3 nitrogen and oxygen atoms in total. The maximum atomic E-state index is 9.91. The van der Waals surface area contributed by atoms with E-state index in [1.807, 2.05) is 6.92 Å². The third-order valence-electron chi connectivity index (χ3n) is 0.757. The average Bonchev–Trinajstić information content (AvgIpc) is 1.88. The van der Waals surface area contributed by atoms with Gasteiger partial charge in [0.1, 0.15) is 0 Å². The largest absolute Gasteiger partial charge is 0.481 e. The lowest BCUT2D eigenvalue weighted by Gasteiger charge is -1.96. The highest BCUT2D eigenvalue weighted by Gasteiger charge is 2.05. The lowest BCUT2D eigenvalue weighted by atomic mass is 10.3. The molecule has 2 unspecified atom stereocenters. The summed E-state index contributed by atoms with van der Waals surface area (Å²) in [5.41, 5.74) is -0.264. The molecule has 2 atom stereocenters. The second-order valence-electron chi connectivity index (χ2n) is 1.64. The van der Waals surface area contributed by atoms with E-state index in [9.17, 15) is 4.79 Å². The molecule has 10 heavy (non-hydrogen) atoms. The van der Waals surface area contributed by atoms with Gasteiger partial charge < -0.3 is 5.11 Å². The average molecular weight is 165 g/mol. The van der Waals surface area contributed by atoms with Gasteiger partial charge >= 0.3 is 5.97 Å². The monoisotopic (exact) mass is 165 g/mol. The van der Waals surface area contributed by atoms with E-state index in [0.717, 1.165) is 0 Å². The van der Waals surface area contributed by atoms with Gasteiger partial charge in [-0.3, -0.25) is 4.79 Å². The Morgan fingerprint density at radius 3 is 1.90 bits per heavy atom. The Kier molecular flexibility index (Phi) is 11.1. The molecule has 0 spiro atoms. The van der Waals surface area contributed by atoms with E-state index in [1.54, 1.807) is 6.92 Å². The summed E-state index contributed by atoms with van der Waals surface area (Å²) < 4.78 is 0. The third-order valence-corrected chi connectivity index (χ3v) is 1.51. The van der Waals surface area contributed by atoms with Crippen LogP contribution >= 0.6 is 9.24 Å². The molecule has 4 heteroatoms. The molecule has 0 amide bonds. The molecular weight excluding hydrogens is 151 g/mol. The van der Waals surface area contributed by atoms with Crippen LogP contribution in [0.4, 0.5) is 0 Å². The van der Waals surface area contributed by atoms with Crippen LogP contribution in [0.15, 0.2) is 0 Å². The van der Waals surface area contributed by atoms with Gasteiger partial charge in [0.05, 0.1) is 12.3 Å². The van der Waals surface area contributed by atoms with Gasteiger partial charge in [0, 0.05) is 0 Å². The van der Waals surface area contributed by atoms with Crippen molar-refractivity contribution in [1.29, 1.82) is 0 Å². The summed E-state index contributed by atoms with van der Waals surface area (Å²) in [6, 6.07) is 0. The quantitative estimate of drug-likeness (QED) is 0.624. The van der Waals surface area contributed by atoms with Crippen LogP contribution in [0.2, 0.25) is 0 Å². The molecule has 1 N–H and O–H groups in total. The summed E-state index contributed by atoms with van der Waals surface area (Å²) in [7, 11) is 2.25. The zero-order valence-electron chi connectivity index (χ0n) is 6.33. The standard InChI is InChI=1S/C4H9O2P.C2H5O/c1-2-3(7)4(5)6;1-2-3/h3H,2,7H2,1H3,(H,5,6);2H2,1H3. The van der Waals surface area contributed by atoms with Gasteiger partial charge in [-0.15, -0.1) is 9.24 Å². The summed E-state index contributed by atoms with van der Waals surface area (Å²) in [6.45, 7) is 3.41. The lowest BCUT2D eigenvalue weighted by molar-refractivity contribution is -0.136. The SMILES string of the molecule is CCC(P)C(=O)O.CC[O]. The molecule has 0 aliphatic carbocycles. The van der Waals surface area contributed by atoms with Crippen molar-refractivity contribution in [1.82, 2.24) is 0 Å². The van der Waals surface area contributed by atoms with Crippen LogP contribution < -0.4 is 0 Å². The zero-order chi connectivity index (χ0) is 8.57. The minimum absolute atomic E-state index is 0. The first-order valence-electron chi connectivity index (χ1n) is 3.16. The molecular formula is C6H14O3P. The van der Waals surface area contributed by atoms with Gasteiger partial charge in [0.15, 0.2) is 0 Å². The van der Waals surface area contributed by atoms with E-state index in [4.69, 9.17) is 10.2 Å². The predicted octanol–water partition coefficient (Wildman–Crippen LogP) is 1.16. The first-order valence-corrected chi connectivity index (χ1v) is 3.83. The summed E-state index contributed by atoms with van der Waals surface area (Å²) in [4.78, 5) is 9.91. The molecule has 0 heterocycles. The minimum atomic E-state index is -0.743. The Labute approximate surface area is 63.6 Å². The lowest BCUT2D eigenvalue weighted by Crippen LogP contribution is -2.09. The highest BCUT2D eigenvalue weighted by Crippen LogP contribution is 2.02. The highest BCUT2D eigenvalue weighted by molar-refractivity contribution is 7.19. The molecule has 0 aliphatic heterocycles. The molecule has 0 aromatic rings. The molecule has 0 bridgehead atoms. The van der Waals surface area contributed by atoms with Crippen LogP contribution in [0.3, 0.4) is 0 Å². The summed E-state index contributed by atoms with van der Waals surface area (Å²) in [6.07, 6.45) is 0.681. The highest BCUT2D eigenvalue weighted by atomic mass is 31.0. The fraction of sp³-hybridized carbons (Fsp3) is 0.833. The number of hydrogen-bond acceptors (Lipinski definition) is 1. The first kappa shape index (κ1) is 12.5. The molecule has 1 radical (unpaired) electrons. The summed E-state index contributed by atoms with van der Waals surface area (Å²) in [5.74, 6) is -0.743. The van der Waals surface area contributed by atoms with Crippen molar-refractivity contribution >= 4 is 15.2 Å². The normalized spacial score (nSPS) is 11.2. The number of carboxylic acid groups (broad SMARTS) is 1. The molecule has 0 aromatic carbocycles. The fourth-order valence-corrected chi connectivity index (χ4v) is 0.175. The van der Waals surface area contributed by atoms with Crippen molar-refractivity contribution in [2.75, 3.05) is 6.61 Å². The zero-order valence-corrected chi connectivity index (χ0v) is 7.49. The predicted molar refractivity (Wildman–Crippen MR) is 42.7 cm³/mol. The number of carboxylic acids is 1. The van der Waals surface area contributed by atoms with Gasteiger partial charge in [0.2, 0.25) is 0 Å². The number of hydrogen-bond donors (Lipinski definition) is 1. The van der Waals surface area contributed by atoms with E-state index in [-0.39, 0.29) is 12.3 Å². The molecule has 0 aliphatic rings. The van der Waals surface area contributed by atoms with Crippen molar-refractivity contribution in [3.63, 3.8) is 0 Å². The van der Waals surface area contributed by atoms with Gasteiger partial charge in [-0.1, -0.05) is 6.92 Å². The number of carbonyl (C=O) groups is 1. The topological polar surface area (TPSA) is 57.2 Å². The Balaban J connectivity index is 0. The van der Waals surface area contributed by atoms with Crippen LogP contribution in [-0.2, 0) is 9.90 Å². The minimum Gasteiger partial charge on any atom is -0.481 e. The van der Waals surface area contributed by atoms with Crippen LogP contribution in [0.1, 0.15) is 20.3 Å². The van der Waals surface area contributed by atoms with E-state index in [1.165, 1.54) is 0 Å². The Morgan fingerprint density at radius 2 is 1.90 bits per heavy atom. The van der Waals surface area contributed by atoms with Crippen molar-refractivity contribution in [2.45, 2.75) is 25.9 Å². The van der Waals surface area contributed by atoms with Gasteiger partial charge in [-0.25, -0.2) is 5.11 Å². The molecule has 0 saturated heterocycles. The first-order chi connectivity index (χ1) is 4.59. The number of rotatable bonds is 2.